The maximum absolute atomic E-state index is 15.4. The van der Waals surface area contributed by atoms with Crippen LogP contribution in [0.3, 0.4) is 0 Å². The summed E-state index contributed by atoms with van der Waals surface area (Å²) in [5, 5.41) is 2.61. The zero-order valence-electron chi connectivity index (χ0n) is 25.1. The molecule has 0 radical (unpaired) electrons. The molecule has 0 spiro atoms. The molecule has 4 N–H and O–H groups in total. The number of benzene rings is 2. The SMILES string of the molecule is CONC(=O)Nc1ccc(C2=C(c3ccc(S(C)(=O)=O)nc3)c3c([nH]c(=O)[nH]c3=O)S2(Cc2c(F)cccc2F)CN(C)C)cc1. The predicted molar refractivity (Wildman–Crippen MR) is 171 cm³/mol. The Morgan fingerprint density at radius 1 is 1.00 bits per heavy atom. The largest absolute Gasteiger partial charge is 0.343 e. The Morgan fingerprint density at radius 3 is 2.22 bits per heavy atom. The molecule has 5 rings (SSSR count). The number of fused-ring (bicyclic) bond motifs is 1. The lowest BCUT2D eigenvalue weighted by atomic mass is 9.98. The van der Waals surface area contributed by atoms with Crippen LogP contribution < -0.4 is 22.0 Å². The minimum absolute atomic E-state index is 0.0683. The second kappa shape index (κ2) is 12.6. The highest BCUT2D eigenvalue weighted by molar-refractivity contribution is 8.40. The molecular weight excluding hydrogens is 642 g/mol. The lowest BCUT2D eigenvalue weighted by Crippen LogP contribution is -2.29. The van der Waals surface area contributed by atoms with Crippen molar-refractivity contribution in [2.45, 2.75) is 15.8 Å². The highest BCUT2D eigenvalue weighted by atomic mass is 32.3. The first kappa shape index (κ1) is 32.7. The number of carbonyl (C=O) groups is 1. The minimum atomic E-state index is -3.67. The van der Waals surface area contributed by atoms with Crippen LogP contribution in [0.4, 0.5) is 19.3 Å². The Bertz CT molecular complexity index is 2060. The summed E-state index contributed by atoms with van der Waals surface area (Å²) in [5.74, 6) is -1.68. The fourth-order valence-electron chi connectivity index (χ4n) is 5.42. The summed E-state index contributed by atoms with van der Waals surface area (Å²) < 4.78 is 55.1. The van der Waals surface area contributed by atoms with Crippen LogP contribution in [0.15, 0.2) is 80.4 Å². The lowest BCUT2D eigenvalue weighted by molar-refractivity contribution is 0.114. The second-order valence-corrected chi connectivity index (χ2v) is 15.8. The molecule has 3 heterocycles. The number of urea groups is 1. The molecule has 0 saturated heterocycles. The van der Waals surface area contributed by atoms with Gasteiger partial charge in [-0.1, -0.05) is 18.2 Å². The van der Waals surface area contributed by atoms with Gasteiger partial charge in [0.05, 0.1) is 17.7 Å². The highest BCUT2D eigenvalue weighted by Crippen LogP contribution is 2.74. The van der Waals surface area contributed by atoms with E-state index in [1.54, 1.807) is 43.3 Å². The van der Waals surface area contributed by atoms with E-state index in [0.717, 1.165) is 18.4 Å². The average Bonchev–Trinajstić information content (AvgIpc) is 3.24. The summed E-state index contributed by atoms with van der Waals surface area (Å²) in [7, 11) is -1.62. The first-order valence-electron chi connectivity index (χ1n) is 13.6. The van der Waals surface area contributed by atoms with E-state index in [9.17, 15) is 22.8 Å². The number of carbonyl (C=O) groups excluding carboxylic acids is 1. The fraction of sp³-hybridized carbons (Fsp3) is 0.200. The second-order valence-electron chi connectivity index (χ2n) is 10.7. The average molecular weight is 673 g/mol. The maximum atomic E-state index is 15.4. The van der Waals surface area contributed by atoms with Crippen molar-refractivity contribution >= 4 is 42.1 Å². The number of amides is 2. The van der Waals surface area contributed by atoms with Crippen LogP contribution in [-0.2, 0) is 20.4 Å². The van der Waals surface area contributed by atoms with Crippen LogP contribution in [-0.4, -0.2) is 67.6 Å². The number of hydrogen-bond acceptors (Lipinski definition) is 8. The number of H-pyrrole nitrogens is 2. The molecular formula is C30H30F2N6O6S2. The fourth-order valence-corrected chi connectivity index (χ4v) is 10.5. The van der Waals surface area contributed by atoms with Gasteiger partial charge < -0.3 is 15.2 Å². The molecule has 46 heavy (non-hydrogen) atoms. The summed E-state index contributed by atoms with van der Waals surface area (Å²) in [4.78, 5) is 54.7. The van der Waals surface area contributed by atoms with Gasteiger partial charge in [-0.05, 0) is 56.1 Å². The number of nitrogens with zero attached hydrogens (tertiary/aromatic N) is 2. The van der Waals surface area contributed by atoms with E-state index in [2.05, 4.69) is 30.6 Å². The van der Waals surface area contributed by atoms with E-state index >= 15 is 8.78 Å². The third-order valence-corrected chi connectivity index (χ3v) is 12.2. The normalized spacial score (nSPS) is 17.5. The summed E-state index contributed by atoms with van der Waals surface area (Å²) in [6.07, 6.45) is 2.32. The lowest BCUT2D eigenvalue weighted by Gasteiger charge is -2.42. The Morgan fingerprint density at radius 2 is 1.65 bits per heavy atom. The molecule has 0 aliphatic carbocycles. The van der Waals surface area contributed by atoms with Crippen LogP contribution in [0.5, 0.6) is 0 Å². The van der Waals surface area contributed by atoms with Crippen molar-refractivity contribution in [3.63, 3.8) is 0 Å². The third kappa shape index (κ3) is 6.24. The van der Waals surface area contributed by atoms with E-state index in [0.29, 0.717) is 27.3 Å². The first-order valence-corrected chi connectivity index (χ1v) is 17.5. The number of aromatic nitrogens is 3. The summed E-state index contributed by atoms with van der Waals surface area (Å²) >= 11 is 0. The summed E-state index contributed by atoms with van der Waals surface area (Å²) in [6, 6.07) is 12.2. The van der Waals surface area contributed by atoms with Gasteiger partial charge in [-0.2, -0.15) is 10.0 Å². The quantitative estimate of drug-likeness (QED) is 0.155. The monoisotopic (exact) mass is 672 g/mol. The van der Waals surface area contributed by atoms with Gasteiger partial charge in [-0.25, -0.2) is 37.3 Å². The van der Waals surface area contributed by atoms with Crippen molar-refractivity contribution < 1.29 is 26.8 Å². The number of aromatic amines is 2. The molecule has 0 bridgehead atoms. The van der Waals surface area contributed by atoms with Gasteiger partial charge in [-0.15, -0.1) is 0 Å². The number of sulfone groups is 1. The van der Waals surface area contributed by atoms with Crippen LogP contribution in [0.2, 0.25) is 0 Å². The molecule has 1 aliphatic heterocycles. The summed E-state index contributed by atoms with van der Waals surface area (Å²) in [5.41, 5.74) is 2.00. The smallest absolute Gasteiger partial charge is 0.306 e. The molecule has 16 heteroatoms. The van der Waals surface area contributed by atoms with E-state index in [1.807, 2.05) is 0 Å². The molecule has 1 unspecified atom stereocenters. The molecule has 4 aromatic rings. The Balaban J connectivity index is 1.88. The van der Waals surface area contributed by atoms with Crippen molar-refractivity contribution in [1.29, 1.82) is 0 Å². The number of nitrogens with one attached hydrogen (secondary N) is 4. The van der Waals surface area contributed by atoms with Crippen molar-refractivity contribution in [3.05, 3.63) is 116 Å². The van der Waals surface area contributed by atoms with Gasteiger partial charge in [-0.3, -0.25) is 14.6 Å². The molecule has 2 aromatic heterocycles. The van der Waals surface area contributed by atoms with Gasteiger partial charge in [0.25, 0.3) is 5.56 Å². The zero-order valence-corrected chi connectivity index (χ0v) is 26.7. The number of hydroxylamine groups is 1. The zero-order chi connectivity index (χ0) is 33.4. The Labute approximate surface area is 263 Å². The number of pyridine rings is 1. The summed E-state index contributed by atoms with van der Waals surface area (Å²) in [6.45, 7) is 0. The van der Waals surface area contributed by atoms with Crippen LogP contribution in [0.1, 0.15) is 22.3 Å². The van der Waals surface area contributed by atoms with Gasteiger partial charge in [0.15, 0.2) is 14.9 Å². The van der Waals surface area contributed by atoms with Gasteiger partial charge in [0, 0.05) is 51.4 Å². The number of halogens is 2. The van der Waals surface area contributed by atoms with Crippen molar-refractivity contribution in [3.8, 4) is 0 Å². The molecule has 0 saturated carbocycles. The van der Waals surface area contributed by atoms with Gasteiger partial charge in [0.2, 0.25) is 0 Å². The Hall–Kier alpha value is -4.64. The maximum Gasteiger partial charge on any atom is 0.343 e. The topological polar surface area (TPSA) is 166 Å². The molecule has 1 aliphatic rings. The van der Waals surface area contributed by atoms with Crippen LogP contribution in [0, 0.1) is 11.6 Å². The van der Waals surface area contributed by atoms with Gasteiger partial charge in [0.1, 0.15) is 11.6 Å². The predicted octanol–water partition coefficient (Wildman–Crippen LogP) is 3.64. The standard InChI is InChI=1S/C30H30F2N6O6S2/c1-38(2)16-46(15-20-21(31)6-5-7-22(20)32)26(17-8-11-19(12-9-17)34-30(41)37-44-3)24(25-27(39)35-29(40)36-28(25)46)18-10-13-23(33-14-18)45(4,42)43/h5-14H,15-16H2,1-4H3,(H2,34,37,41)(H2,35,36,39,40). The van der Waals surface area contributed by atoms with E-state index in [-0.39, 0.29) is 32.8 Å². The minimum Gasteiger partial charge on any atom is -0.306 e. The van der Waals surface area contributed by atoms with Crippen molar-refractivity contribution in [2.75, 3.05) is 38.7 Å². The van der Waals surface area contributed by atoms with E-state index in [1.165, 1.54) is 31.5 Å². The third-order valence-electron chi connectivity index (χ3n) is 7.10. The van der Waals surface area contributed by atoms with Crippen LogP contribution in [0.25, 0.3) is 10.5 Å². The molecule has 1 atom stereocenters. The molecule has 0 fully saturated rings. The number of anilines is 1. The van der Waals surface area contributed by atoms with Crippen molar-refractivity contribution in [1.82, 2.24) is 25.3 Å². The van der Waals surface area contributed by atoms with Crippen LogP contribution >= 0.6 is 10.0 Å². The molecule has 2 amide bonds. The van der Waals surface area contributed by atoms with E-state index < -0.39 is 48.8 Å². The number of hydrogen-bond donors (Lipinski definition) is 4. The van der Waals surface area contributed by atoms with E-state index in [4.69, 9.17) is 0 Å². The molecule has 12 nitrogen and oxygen atoms in total. The number of rotatable bonds is 9. The van der Waals surface area contributed by atoms with Gasteiger partial charge >= 0.3 is 11.7 Å². The molecule has 242 valence electrons. The first-order chi connectivity index (χ1) is 21.7. The van der Waals surface area contributed by atoms with Crippen molar-refractivity contribution in [2.24, 2.45) is 0 Å². The molecule has 2 aromatic carbocycles. The Kier molecular flexibility index (Phi) is 8.99. The highest BCUT2D eigenvalue weighted by Gasteiger charge is 2.46.